The maximum absolute atomic E-state index is 11.9. The molecule has 18 heavy (non-hydrogen) atoms. The highest BCUT2D eigenvalue weighted by molar-refractivity contribution is 5.96. The second-order valence-electron chi connectivity index (χ2n) is 5.11. The van der Waals surface area contributed by atoms with Gasteiger partial charge in [-0.25, -0.2) is 0 Å². The zero-order valence-corrected chi connectivity index (χ0v) is 11.1. The van der Waals surface area contributed by atoms with Gasteiger partial charge in [-0.3, -0.25) is 9.59 Å². The molecule has 0 aliphatic carbocycles. The van der Waals surface area contributed by atoms with Crippen molar-refractivity contribution in [2.45, 2.75) is 39.5 Å². The average Bonchev–Trinajstić information content (AvgIpc) is 2.27. The van der Waals surface area contributed by atoms with Crippen LogP contribution < -0.4 is 0 Å². The van der Waals surface area contributed by atoms with Crippen molar-refractivity contribution in [2.75, 3.05) is 0 Å². The number of benzene rings is 1. The number of carboxylic acids is 1. The van der Waals surface area contributed by atoms with E-state index in [0.29, 0.717) is 11.5 Å². The van der Waals surface area contributed by atoms with Crippen molar-refractivity contribution in [3.05, 3.63) is 35.4 Å². The summed E-state index contributed by atoms with van der Waals surface area (Å²) in [6.07, 6.45) is 0.323. The third kappa shape index (κ3) is 4.32. The van der Waals surface area contributed by atoms with Gasteiger partial charge in [0.2, 0.25) is 0 Å². The highest BCUT2D eigenvalue weighted by Crippen LogP contribution is 2.17. The Balaban J connectivity index is 2.64. The number of ketones is 1. The summed E-state index contributed by atoms with van der Waals surface area (Å²) in [5.41, 5.74) is 1.86. The maximum atomic E-state index is 11.9. The van der Waals surface area contributed by atoms with E-state index in [0.717, 1.165) is 0 Å². The number of hydrogen-bond acceptors (Lipinski definition) is 2. The van der Waals surface area contributed by atoms with Crippen LogP contribution in [0, 0.1) is 5.92 Å². The molecular weight excluding hydrogens is 228 g/mol. The van der Waals surface area contributed by atoms with E-state index >= 15 is 0 Å². The topological polar surface area (TPSA) is 54.4 Å². The van der Waals surface area contributed by atoms with Gasteiger partial charge in [-0.2, -0.15) is 0 Å². The lowest BCUT2D eigenvalue weighted by molar-refractivity contribution is -0.137. The predicted molar refractivity (Wildman–Crippen MR) is 70.9 cm³/mol. The van der Waals surface area contributed by atoms with Crippen LogP contribution in [0.1, 0.15) is 55.5 Å². The predicted octanol–water partition coefficient (Wildman–Crippen LogP) is 3.49. The largest absolute Gasteiger partial charge is 0.481 e. The third-order valence-electron chi connectivity index (χ3n) is 2.96. The van der Waals surface area contributed by atoms with E-state index in [9.17, 15) is 9.59 Å². The van der Waals surface area contributed by atoms with Gasteiger partial charge >= 0.3 is 5.97 Å². The lowest BCUT2D eigenvalue weighted by Gasteiger charge is -2.09. The van der Waals surface area contributed by atoms with Crippen LogP contribution in [0.3, 0.4) is 0 Å². The Morgan fingerprint density at radius 1 is 1.06 bits per heavy atom. The Morgan fingerprint density at radius 3 is 2.06 bits per heavy atom. The Hall–Kier alpha value is -1.64. The summed E-state index contributed by atoms with van der Waals surface area (Å²) in [7, 11) is 0. The molecular formula is C15H20O3. The van der Waals surface area contributed by atoms with Crippen molar-refractivity contribution in [1.29, 1.82) is 0 Å². The number of carbonyl (C=O) groups excluding carboxylic acids is 1. The third-order valence-corrected chi connectivity index (χ3v) is 2.96. The molecule has 3 nitrogen and oxygen atoms in total. The summed E-state index contributed by atoms with van der Waals surface area (Å²) < 4.78 is 0. The molecule has 1 aromatic carbocycles. The standard InChI is InChI=1S/C15H20O3/c1-10(2)12-4-6-13(7-5-12)14(16)8-11(3)9-15(17)18/h4-7,10-11H,8-9H2,1-3H3,(H,17,18). The molecule has 0 bridgehead atoms. The quantitative estimate of drug-likeness (QED) is 0.784. The minimum atomic E-state index is -0.856. The summed E-state index contributed by atoms with van der Waals surface area (Å²) in [5.74, 6) is -0.524. The molecule has 3 heteroatoms. The van der Waals surface area contributed by atoms with Gasteiger partial charge in [0, 0.05) is 18.4 Å². The molecule has 0 fully saturated rings. The molecule has 0 heterocycles. The van der Waals surface area contributed by atoms with Crippen LogP contribution in [0.15, 0.2) is 24.3 Å². The van der Waals surface area contributed by atoms with Crippen molar-refractivity contribution in [1.82, 2.24) is 0 Å². The van der Waals surface area contributed by atoms with Gasteiger partial charge in [0.25, 0.3) is 0 Å². The highest BCUT2D eigenvalue weighted by Gasteiger charge is 2.14. The first kappa shape index (κ1) is 14.4. The SMILES string of the molecule is CC(CC(=O)O)CC(=O)c1ccc(C(C)C)cc1. The van der Waals surface area contributed by atoms with Gasteiger partial charge in [0.1, 0.15) is 0 Å². The number of hydrogen-bond donors (Lipinski definition) is 1. The summed E-state index contributed by atoms with van der Waals surface area (Å²) in [5, 5.41) is 8.65. The van der Waals surface area contributed by atoms with Gasteiger partial charge in [-0.1, -0.05) is 45.0 Å². The van der Waals surface area contributed by atoms with Gasteiger partial charge < -0.3 is 5.11 Å². The van der Waals surface area contributed by atoms with E-state index in [1.54, 1.807) is 6.92 Å². The van der Waals surface area contributed by atoms with Gasteiger partial charge in [0.15, 0.2) is 5.78 Å². The molecule has 0 aromatic heterocycles. The van der Waals surface area contributed by atoms with E-state index < -0.39 is 5.97 Å². The Morgan fingerprint density at radius 2 is 1.61 bits per heavy atom. The first-order valence-electron chi connectivity index (χ1n) is 6.25. The van der Waals surface area contributed by atoms with Crippen LogP contribution in [0.25, 0.3) is 0 Å². The smallest absolute Gasteiger partial charge is 0.303 e. The minimum Gasteiger partial charge on any atom is -0.481 e. The second-order valence-corrected chi connectivity index (χ2v) is 5.11. The number of Topliss-reactive ketones (excluding diaryl/α,β-unsaturated/α-hetero) is 1. The molecule has 0 aliphatic rings. The first-order valence-corrected chi connectivity index (χ1v) is 6.25. The lowest BCUT2D eigenvalue weighted by Crippen LogP contribution is -2.10. The molecule has 1 rings (SSSR count). The Bertz CT molecular complexity index is 418. The highest BCUT2D eigenvalue weighted by atomic mass is 16.4. The molecule has 1 atom stereocenters. The lowest BCUT2D eigenvalue weighted by atomic mass is 9.95. The normalized spacial score (nSPS) is 12.4. The zero-order valence-electron chi connectivity index (χ0n) is 11.1. The summed E-state index contributed by atoms with van der Waals surface area (Å²) in [4.78, 5) is 22.5. The summed E-state index contributed by atoms with van der Waals surface area (Å²) in [6.45, 7) is 5.99. The van der Waals surface area contributed by atoms with Crippen LogP contribution in [-0.2, 0) is 4.79 Å². The second kappa shape index (κ2) is 6.34. The van der Waals surface area contributed by atoms with Crippen molar-refractivity contribution >= 4 is 11.8 Å². The van der Waals surface area contributed by atoms with Crippen LogP contribution in [0.5, 0.6) is 0 Å². The van der Waals surface area contributed by atoms with Gasteiger partial charge in [-0.05, 0) is 17.4 Å². The number of carbonyl (C=O) groups is 2. The molecule has 98 valence electrons. The van der Waals surface area contributed by atoms with Crippen molar-refractivity contribution in [3.8, 4) is 0 Å². The molecule has 1 N–H and O–H groups in total. The van der Waals surface area contributed by atoms with E-state index in [4.69, 9.17) is 5.11 Å². The molecule has 0 aliphatic heterocycles. The molecule has 0 radical (unpaired) electrons. The summed E-state index contributed by atoms with van der Waals surface area (Å²) in [6, 6.07) is 7.57. The molecule has 0 saturated carbocycles. The van der Waals surface area contributed by atoms with Crippen LogP contribution in [-0.4, -0.2) is 16.9 Å². The molecule has 0 spiro atoms. The van der Waals surface area contributed by atoms with Crippen molar-refractivity contribution in [3.63, 3.8) is 0 Å². The molecule has 0 amide bonds. The van der Waals surface area contributed by atoms with E-state index in [-0.39, 0.29) is 24.5 Å². The maximum Gasteiger partial charge on any atom is 0.303 e. The Labute approximate surface area is 108 Å². The monoisotopic (exact) mass is 248 g/mol. The van der Waals surface area contributed by atoms with Crippen LogP contribution >= 0.6 is 0 Å². The van der Waals surface area contributed by atoms with E-state index in [1.807, 2.05) is 24.3 Å². The number of carboxylic acid groups (broad SMARTS) is 1. The first-order chi connectivity index (χ1) is 8.40. The zero-order chi connectivity index (χ0) is 13.7. The Kier molecular flexibility index (Phi) is 5.08. The number of rotatable bonds is 6. The minimum absolute atomic E-state index is 0.0130. The van der Waals surface area contributed by atoms with E-state index in [2.05, 4.69) is 13.8 Å². The van der Waals surface area contributed by atoms with Gasteiger partial charge in [-0.15, -0.1) is 0 Å². The van der Waals surface area contributed by atoms with Crippen LogP contribution in [0.2, 0.25) is 0 Å². The molecule has 1 aromatic rings. The van der Waals surface area contributed by atoms with Crippen molar-refractivity contribution < 1.29 is 14.7 Å². The molecule has 0 saturated heterocycles. The fourth-order valence-corrected chi connectivity index (χ4v) is 1.86. The fourth-order valence-electron chi connectivity index (χ4n) is 1.86. The van der Waals surface area contributed by atoms with Gasteiger partial charge in [0.05, 0.1) is 0 Å². The van der Waals surface area contributed by atoms with Crippen molar-refractivity contribution in [2.24, 2.45) is 5.92 Å². The number of aliphatic carboxylic acids is 1. The molecule has 1 unspecified atom stereocenters. The van der Waals surface area contributed by atoms with E-state index in [1.165, 1.54) is 5.56 Å². The average molecular weight is 248 g/mol. The fraction of sp³-hybridized carbons (Fsp3) is 0.467. The summed E-state index contributed by atoms with van der Waals surface area (Å²) >= 11 is 0. The van der Waals surface area contributed by atoms with Crippen LogP contribution in [0.4, 0.5) is 0 Å².